The van der Waals surface area contributed by atoms with Gasteiger partial charge >= 0.3 is 12.0 Å². The third-order valence-corrected chi connectivity index (χ3v) is 2.56. The number of carbonyl (C=O) groups is 3. The average Bonchev–Trinajstić information content (AvgIpc) is 2.41. The van der Waals surface area contributed by atoms with Crippen molar-refractivity contribution in [1.29, 1.82) is 0 Å². The Balaban J connectivity index is 2.67. The molecule has 1 aromatic carbocycles. The SMILES string of the molecule is CNC(=O)NC(=O)C(C)OC(=O)c1ccc(C)c(O)c1. The lowest BCUT2D eigenvalue weighted by atomic mass is 10.1. The minimum absolute atomic E-state index is 0.0399. The van der Waals surface area contributed by atoms with E-state index in [1.54, 1.807) is 13.0 Å². The van der Waals surface area contributed by atoms with Crippen molar-refractivity contribution < 1.29 is 24.2 Å². The minimum Gasteiger partial charge on any atom is -0.508 e. The summed E-state index contributed by atoms with van der Waals surface area (Å²) in [5.41, 5.74) is 0.736. The number of hydrogen-bond donors (Lipinski definition) is 3. The lowest BCUT2D eigenvalue weighted by molar-refractivity contribution is -0.127. The molecule has 20 heavy (non-hydrogen) atoms. The van der Waals surface area contributed by atoms with Crippen molar-refractivity contribution in [3.8, 4) is 5.75 Å². The zero-order chi connectivity index (χ0) is 15.3. The van der Waals surface area contributed by atoms with Gasteiger partial charge in [0, 0.05) is 7.05 Å². The van der Waals surface area contributed by atoms with Crippen LogP contribution in [-0.2, 0) is 9.53 Å². The zero-order valence-electron chi connectivity index (χ0n) is 11.4. The molecular weight excluding hydrogens is 264 g/mol. The fraction of sp³-hybridized carbons (Fsp3) is 0.308. The molecule has 7 nitrogen and oxygen atoms in total. The first-order valence-electron chi connectivity index (χ1n) is 5.88. The number of hydrogen-bond acceptors (Lipinski definition) is 5. The Kier molecular flexibility index (Phi) is 5.08. The van der Waals surface area contributed by atoms with E-state index in [0.717, 1.165) is 0 Å². The van der Waals surface area contributed by atoms with Crippen LogP contribution in [0.15, 0.2) is 18.2 Å². The summed E-state index contributed by atoms with van der Waals surface area (Å²) < 4.78 is 4.90. The molecule has 0 bridgehead atoms. The van der Waals surface area contributed by atoms with Crippen LogP contribution in [-0.4, -0.2) is 36.2 Å². The van der Waals surface area contributed by atoms with Crippen LogP contribution in [0.5, 0.6) is 5.75 Å². The summed E-state index contributed by atoms with van der Waals surface area (Å²) >= 11 is 0. The summed E-state index contributed by atoms with van der Waals surface area (Å²) in [6.07, 6.45) is -1.14. The number of benzene rings is 1. The summed E-state index contributed by atoms with van der Waals surface area (Å²) in [5, 5.41) is 13.7. The molecule has 1 unspecified atom stereocenters. The maximum absolute atomic E-state index is 11.8. The molecule has 3 amide bonds. The van der Waals surface area contributed by atoms with Gasteiger partial charge in [-0.15, -0.1) is 0 Å². The first-order valence-corrected chi connectivity index (χ1v) is 5.88. The van der Waals surface area contributed by atoms with Gasteiger partial charge in [-0.25, -0.2) is 9.59 Å². The third kappa shape index (κ3) is 3.98. The zero-order valence-corrected chi connectivity index (χ0v) is 11.4. The molecule has 1 atom stereocenters. The second kappa shape index (κ2) is 6.55. The highest BCUT2D eigenvalue weighted by Gasteiger charge is 2.20. The van der Waals surface area contributed by atoms with Crippen LogP contribution in [0, 0.1) is 6.92 Å². The summed E-state index contributed by atoms with van der Waals surface area (Å²) in [6.45, 7) is 3.02. The molecule has 0 aromatic heterocycles. The molecule has 0 aliphatic carbocycles. The highest BCUT2D eigenvalue weighted by molar-refractivity contribution is 5.98. The van der Waals surface area contributed by atoms with E-state index in [9.17, 15) is 19.5 Å². The number of phenolic OH excluding ortho intramolecular Hbond substituents is 1. The normalized spacial score (nSPS) is 11.3. The number of esters is 1. The average molecular weight is 280 g/mol. The number of ether oxygens (including phenoxy) is 1. The lowest BCUT2D eigenvalue weighted by Gasteiger charge is -2.13. The molecular formula is C13H16N2O5. The van der Waals surface area contributed by atoms with Crippen LogP contribution >= 0.6 is 0 Å². The molecule has 0 spiro atoms. The number of phenols is 1. The molecule has 0 radical (unpaired) electrons. The van der Waals surface area contributed by atoms with Crippen molar-refractivity contribution in [1.82, 2.24) is 10.6 Å². The molecule has 108 valence electrons. The van der Waals surface area contributed by atoms with E-state index in [0.29, 0.717) is 5.56 Å². The lowest BCUT2D eigenvalue weighted by Crippen LogP contribution is -2.43. The molecule has 1 rings (SSSR count). The van der Waals surface area contributed by atoms with Crippen LogP contribution in [0.4, 0.5) is 4.79 Å². The Morgan fingerprint density at radius 3 is 2.50 bits per heavy atom. The van der Waals surface area contributed by atoms with Crippen molar-refractivity contribution in [2.75, 3.05) is 7.05 Å². The van der Waals surface area contributed by atoms with Gasteiger partial charge in [0.15, 0.2) is 6.10 Å². The van der Waals surface area contributed by atoms with E-state index >= 15 is 0 Å². The number of urea groups is 1. The van der Waals surface area contributed by atoms with Crippen LogP contribution in [0.3, 0.4) is 0 Å². The fourth-order valence-electron chi connectivity index (χ4n) is 1.29. The van der Waals surface area contributed by atoms with Gasteiger partial charge in [0.2, 0.25) is 0 Å². The van der Waals surface area contributed by atoms with E-state index in [4.69, 9.17) is 4.74 Å². The van der Waals surface area contributed by atoms with Crippen molar-refractivity contribution in [2.24, 2.45) is 0 Å². The van der Waals surface area contributed by atoms with Crippen LogP contribution in [0.25, 0.3) is 0 Å². The van der Waals surface area contributed by atoms with Gasteiger partial charge in [-0.3, -0.25) is 10.1 Å². The summed E-state index contributed by atoms with van der Waals surface area (Å²) in [6, 6.07) is 3.59. The predicted molar refractivity (Wildman–Crippen MR) is 70.3 cm³/mol. The number of imide groups is 1. The van der Waals surface area contributed by atoms with E-state index in [1.807, 2.05) is 5.32 Å². The number of carbonyl (C=O) groups excluding carboxylic acids is 3. The molecule has 3 N–H and O–H groups in total. The van der Waals surface area contributed by atoms with Gasteiger partial charge in [0.25, 0.3) is 5.91 Å². The Morgan fingerprint density at radius 1 is 1.30 bits per heavy atom. The maximum Gasteiger partial charge on any atom is 0.339 e. The molecule has 0 aliphatic heterocycles. The Labute approximate surface area is 115 Å². The van der Waals surface area contributed by atoms with Crippen LogP contribution < -0.4 is 10.6 Å². The van der Waals surface area contributed by atoms with Gasteiger partial charge in [-0.05, 0) is 31.5 Å². The van der Waals surface area contributed by atoms with Crippen molar-refractivity contribution in [3.05, 3.63) is 29.3 Å². The molecule has 0 heterocycles. The molecule has 0 fully saturated rings. The van der Waals surface area contributed by atoms with E-state index < -0.39 is 24.0 Å². The van der Waals surface area contributed by atoms with Gasteiger partial charge in [0.05, 0.1) is 5.56 Å². The summed E-state index contributed by atoms with van der Waals surface area (Å²) in [7, 11) is 1.36. The number of nitrogens with one attached hydrogen (secondary N) is 2. The van der Waals surface area contributed by atoms with Gasteiger partial charge in [-0.2, -0.15) is 0 Å². The summed E-state index contributed by atoms with van der Waals surface area (Å²) in [5.74, 6) is -1.55. The smallest absolute Gasteiger partial charge is 0.339 e. The van der Waals surface area contributed by atoms with E-state index in [1.165, 1.54) is 26.1 Å². The quantitative estimate of drug-likeness (QED) is 0.707. The summed E-state index contributed by atoms with van der Waals surface area (Å²) in [4.78, 5) is 34.2. The van der Waals surface area contributed by atoms with Crippen LogP contribution in [0.2, 0.25) is 0 Å². The molecule has 7 heteroatoms. The van der Waals surface area contributed by atoms with Gasteiger partial charge in [0.1, 0.15) is 5.75 Å². The highest BCUT2D eigenvalue weighted by Crippen LogP contribution is 2.18. The number of amides is 3. The van der Waals surface area contributed by atoms with Crippen molar-refractivity contribution in [2.45, 2.75) is 20.0 Å². The Morgan fingerprint density at radius 2 is 1.95 bits per heavy atom. The second-order valence-corrected chi connectivity index (χ2v) is 4.12. The second-order valence-electron chi connectivity index (χ2n) is 4.12. The number of aromatic hydroxyl groups is 1. The largest absolute Gasteiger partial charge is 0.508 e. The first kappa shape index (κ1) is 15.5. The molecule has 0 aliphatic rings. The monoisotopic (exact) mass is 280 g/mol. The predicted octanol–water partition coefficient (Wildman–Crippen LogP) is 0.702. The molecule has 1 aromatic rings. The Hall–Kier alpha value is -2.57. The molecule has 0 saturated heterocycles. The topological polar surface area (TPSA) is 105 Å². The van der Waals surface area contributed by atoms with Crippen molar-refractivity contribution >= 4 is 17.9 Å². The standard InChI is InChI=1S/C13H16N2O5/c1-7-4-5-9(6-10(7)16)12(18)20-8(2)11(17)15-13(19)14-3/h4-6,8,16H,1-3H3,(H2,14,15,17,19). The fourth-order valence-corrected chi connectivity index (χ4v) is 1.29. The minimum atomic E-state index is -1.14. The van der Waals surface area contributed by atoms with Gasteiger partial charge < -0.3 is 15.2 Å². The number of aryl methyl sites for hydroxylation is 1. The molecule has 0 saturated carbocycles. The van der Waals surface area contributed by atoms with Gasteiger partial charge in [-0.1, -0.05) is 6.07 Å². The third-order valence-electron chi connectivity index (χ3n) is 2.56. The van der Waals surface area contributed by atoms with E-state index in [2.05, 4.69) is 5.32 Å². The van der Waals surface area contributed by atoms with E-state index in [-0.39, 0.29) is 11.3 Å². The van der Waals surface area contributed by atoms with Crippen molar-refractivity contribution in [3.63, 3.8) is 0 Å². The number of rotatable bonds is 3. The van der Waals surface area contributed by atoms with Crippen LogP contribution in [0.1, 0.15) is 22.8 Å². The Bertz CT molecular complexity index is 542. The highest BCUT2D eigenvalue weighted by atomic mass is 16.5. The first-order chi connectivity index (χ1) is 9.35. The maximum atomic E-state index is 11.8.